The molecule has 1 aromatic rings. The normalized spacial score (nSPS) is 24.8. The number of benzene rings is 1. The Bertz CT molecular complexity index is 605. The number of carbonyl (C=O) groups excluding carboxylic acids is 1. The van der Waals surface area contributed by atoms with Crippen molar-refractivity contribution < 1.29 is 19.8 Å². The molecule has 7 heteroatoms. The Morgan fingerprint density at radius 2 is 2.05 bits per heavy atom. The summed E-state index contributed by atoms with van der Waals surface area (Å²) in [7, 11) is 0. The predicted octanol–water partition coefficient (Wildman–Crippen LogP) is 2.97. The lowest BCUT2D eigenvalue weighted by molar-refractivity contribution is -0.148. The molecule has 0 heterocycles. The van der Waals surface area contributed by atoms with E-state index in [-0.39, 0.29) is 11.3 Å². The first-order valence-electron chi connectivity index (χ1n) is 6.48. The minimum absolute atomic E-state index is 0.0662. The van der Waals surface area contributed by atoms with Crippen LogP contribution in [0.2, 0.25) is 0 Å². The number of hydrogen-bond acceptors (Lipinski definition) is 3. The number of phenols is 1. The topological polar surface area (TPSA) is 86.6 Å². The summed E-state index contributed by atoms with van der Waals surface area (Å²) in [5.41, 5.74) is -0.758. The Hall–Kier alpha value is -0.580. The van der Waals surface area contributed by atoms with Crippen LogP contribution in [0.4, 0.5) is 0 Å². The van der Waals surface area contributed by atoms with Crippen LogP contribution >= 0.6 is 45.2 Å². The van der Waals surface area contributed by atoms with E-state index in [2.05, 4.69) is 27.9 Å². The van der Waals surface area contributed by atoms with Crippen molar-refractivity contribution >= 4 is 57.1 Å². The summed E-state index contributed by atoms with van der Waals surface area (Å²) < 4.78 is 1.43. The first-order valence-corrected chi connectivity index (χ1v) is 8.63. The second-order valence-electron chi connectivity index (χ2n) is 5.42. The van der Waals surface area contributed by atoms with Gasteiger partial charge in [-0.25, -0.2) is 0 Å². The van der Waals surface area contributed by atoms with Gasteiger partial charge < -0.3 is 15.5 Å². The monoisotopic (exact) mass is 515 g/mol. The number of carboxylic acid groups (broad SMARTS) is 1. The maximum atomic E-state index is 12.4. The van der Waals surface area contributed by atoms with Crippen molar-refractivity contribution in [3.63, 3.8) is 0 Å². The van der Waals surface area contributed by atoms with Crippen molar-refractivity contribution in [1.29, 1.82) is 0 Å². The number of amides is 1. The number of hydrogen-bond donors (Lipinski definition) is 3. The summed E-state index contributed by atoms with van der Waals surface area (Å²) in [4.78, 5) is 23.8. The van der Waals surface area contributed by atoms with E-state index < -0.39 is 23.3 Å². The minimum atomic E-state index is -0.944. The lowest BCUT2D eigenvalue weighted by Gasteiger charge is -2.27. The molecule has 0 bridgehead atoms. The third kappa shape index (κ3) is 3.27. The summed E-state index contributed by atoms with van der Waals surface area (Å²) in [6.45, 7) is 1.66. The lowest BCUT2D eigenvalue weighted by Crippen LogP contribution is -2.47. The van der Waals surface area contributed by atoms with Gasteiger partial charge in [-0.1, -0.05) is 6.42 Å². The Balaban J connectivity index is 2.25. The van der Waals surface area contributed by atoms with Gasteiger partial charge in [0, 0.05) is 9.61 Å². The van der Waals surface area contributed by atoms with Crippen LogP contribution in [-0.4, -0.2) is 28.1 Å². The van der Waals surface area contributed by atoms with Crippen molar-refractivity contribution in [1.82, 2.24) is 5.32 Å². The van der Waals surface area contributed by atoms with Crippen molar-refractivity contribution in [2.75, 3.05) is 0 Å². The Kier molecular flexibility index (Phi) is 5.01. The smallest absolute Gasteiger partial charge is 0.311 e. The summed E-state index contributed by atoms with van der Waals surface area (Å²) >= 11 is 4.04. The van der Waals surface area contributed by atoms with E-state index >= 15 is 0 Å². The second-order valence-corrected chi connectivity index (χ2v) is 7.83. The molecular formula is C14H15I2NO4. The van der Waals surface area contributed by atoms with Crippen molar-refractivity contribution in [3.05, 3.63) is 24.8 Å². The number of carbonyl (C=O) groups is 2. The number of nitrogens with one attached hydrogen (secondary N) is 1. The average Bonchev–Trinajstić information content (AvgIpc) is 2.76. The Morgan fingerprint density at radius 1 is 1.38 bits per heavy atom. The quantitative estimate of drug-likeness (QED) is 0.541. The number of carboxylic acids is 1. The molecule has 5 nitrogen and oxygen atoms in total. The molecule has 1 aromatic carbocycles. The van der Waals surface area contributed by atoms with E-state index in [9.17, 15) is 19.8 Å². The fourth-order valence-electron chi connectivity index (χ4n) is 2.63. The first kappa shape index (κ1) is 16.8. The van der Waals surface area contributed by atoms with E-state index in [1.54, 1.807) is 19.1 Å². The highest BCUT2D eigenvalue weighted by atomic mass is 127. The maximum absolute atomic E-state index is 12.4. The summed E-state index contributed by atoms with van der Waals surface area (Å²) in [5.74, 6) is -1.39. The van der Waals surface area contributed by atoms with E-state index in [4.69, 9.17) is 0 Å². The van der Waals surface area contributed by atoms with Crippen LogP contribution in [0, 0.1) is 12.6 Å². The molecule has 21 heavy (non-hydrogen) atoms. The van der Waals surface area contributed by atoms with Gasteiger partial charge in [0.05, 0.1) is 14.5 Å². The molecule has 1 aliphatic rings. The molecular weight excluding hydrogens is 500 g/mol. The number of aliphatic carboxylic acids is 1. The van der Waals surface area contributed by atoms with Crippen LogP contribution < -0.4 is 5.32 Å². The summed E-state index contributed by atoms with van der Waals surface area (Å²) in [5, 5.41) is 22.2. The zero-order valence-electron chi connectivity index (χ0n) is 11.3. The molecule has 2 atom stereocenters. The predicted molar refractivity (Wildman–Crippen MR) is 94.4 cm³/mol. The number of phenolic OH excluding ortho intramolecular Hbond substituents is 1. The van der Waals surface area contributed by atoms with Gasteiger partial charge in [0.15, 0.2) is 0 Å². The molecule has 0 saturated heterocycles. The van der Waals surface area contributed by atoms with Crippen molar-refractivity contribution in [3.8, 4) is 5.75 Å². The van der Waals surface area contributed by atoms with Gasteiger partial charge in [-0.15, -0.1) is 0 Å². The van der Waals surface area contributed by atoms with Crippen LogP contribution in [0.15, 0.2) is 12.1 Å². The summed E-state index contributed by atoms with van der Waals surface area (Å²) in [6.07, 6.45) is 1.95. The summed E-state index contributed by atoms with van der Waals surface area (Å²) in [6, 6.07) is 2.95. The van der Waals surface area contributed by atoms with Crippen LogP contribution in [-0.2, 0) is 4.79 Å². The molecule has 2 rings (SSSR count). The minimum Gasteiger partial charge on any atom is -0.506 e. The van der Waals surface area contributed by atoms with Gasteiger partial charge in [-0.2, -0.15) is 0 Å². The van der Waals surface area contributed by atoms with Crippen LogP contribution in [0.1, 0.15) is 36.5 Å². The van der Waals surface area contributed by atoms with Gasteiger partial charge in [0.1, 0.15) is 5.75 Å². The molecule has 0 aromatic heterocycles. The molecule has 0 radical (unpaired) electrons. The molecule has 1 amide bonds. The van der Waals surface area contributed by atoms with E-state index in [1.165, 1.54) is 0 Å². The Labute approximate surface area is 149 Å². The maximum Gasteiger partial charge on any atom is 0.311 e. The van der Waals surface area contributed by atoms with Gasteiger partial charge in [-0.3, -0.25) is 9.59 Å². The van der Waals surface area contributed by atoms with Crippen molar-refractivity contribution in [2.24, 2.45) is 5.41 Å². The standard InChI is InChI=1S/C14H15I2NO4/c1-14(13(20)21)4-2-3-10(14)17-12(19)8-5-7(15)6-9(16)11(8)18/h5-6,10,18H,2-4H2,1H3,(H,17,19)(H,20,21). The van der Waals surface area contributed by atoms with Gasteiger partial charge in [0.2, 0.25) is 0 Å². The molecule has 1 saturated carbocycles. The van der Waals surface area contributed by atoms with Crippen LogP contribution in [0.25, 0.3) is 0 Å². The zero-order chi connectivity index (χ0) is 15.8. The van der Waals surface area contributed by atoms with Gasteiger partial charge >= 0.3 is 5.97 Å². The highest BCUT2D eigenvalue weighted by molar-refractivity contribution is 14.1. The largest absolute Gasteiger partial charge is 0.506 e. The third-order valence-electron chi connectivity index (χ3n) is 4.02. The second kappa shape index (κ2) is 6.27. The molecule has 114 valence electrons. The molecule has 2 unspecified atom stereocenters. The fraction of sp³-hybridized carbons (Fsp3) is 0.429. The fourth-order valence-corrected chi connectivity index (χ4v) is 4.47. The first-order chi connectivity index (χ1) is 9.75. The van der Waals surface area contributed by atoms with Crippen molar-refractivity contribution in [2.45, 2.75) is 32.2 Å². The molecule has 0 spiro atoms. The molecule has 1 fully saturated rings. The van der Waals surface area contributed by atoms with Crippen LogP contribution in [0.5, 0.6) is 5.75 Å². The molecule has 1 aliphatic carbocycles. The van der Waals surface area contributed by atoms with E-state index in [0.29, 0.717) is 16.4 Å². The number of halogens is 2. The molecule has 3 N–H and O–H groups in total. The van der Waals surface area contributed by atoms with E-state index in [0.717, 1.165) is 9.99 Å². The lowest BCUT2D eigenvalue weighted by atomic mass is 9.85. The molecule has 0 aliphatic heterocycles. The third-order valence-corrected chi connectivity index (χ3v) is 5.47. The number of rotatable bonds is 3. The Morgan fingerprint density at radius 3 is 2.67 bits per heavy atom. The van der Waals surface area contributed by atoms with Crippen LogP contribution in [0.3, 0.4) is 0 Å². The highest BCUT2D eigenvalue weighted by Gasteiger charge is 2.46. The average molecular weight is 515 g/mol. The zero-order valence-corrected chi connectivity index (χ0v) is 15.6. The SMILES string of the molecule is CC1(C(=O)O)CCCC1NC(=O)c1cc(I)cc(I)c1O. The van der Waals surface area contributed by atoms with Gasteiger partial charge in [0.25, 0.3) is 5.91 Å². The van der Waals surface area contributed by atoms with Gasteiger partial charge in [-0.05, 0) is 77.1 Å². The highest BCUT2D eigenvalue weighted by Crippen LogP contribution is 2.38. The van der Waals surface area contributed by atoms with E-state index in [1.807, 2.05) is 22.6 Å². The number of aromatic hydroxyl groups is 1.